The summed E-state index contributed by atoms with van der Waals surface area (Å²) in [7, 11) is -3.55. The van der Waals surface area contributed by atoms with Crippen molar-refractivity contribution in [1.82, 2.24) is 5.32 Å². The number of aryl methyl sites for hydroxylation is 2. The lowest BCUT2D eigenvalue weighted by Gasteiger charge is -2.24. The van der Waals surface area contributed by atoms with Crippen LogP contribution in [0.3, 0.4) is 0 Å². The highest BCUT2D eigenvalue weighted by Gasteiger charge is 2.20. The maximum absolute atomic E-state index is 13.8. The van der Waals surface area contributed by atoms with Gasteiger partial charge in [0.05, 0.1) is 29.1 Å². The van der Waals surface area contributed by atoms with Crippen LogP contribution in [-0.2, 0) is 10.0 Å². The van der Waals surface area contributed by atoms with Gasteiger partial charge >= 0.3 is 0 Å². The molecule has 0 spiro atoms. The van der Waals surface area contributed by atoms with Crippen molar-refractivity contribution in [3.8, 4) is 0 Å². The van der Waals surface area contributed by atoms with Gasteiger partial charge in [-0.25, -0.2) is 12.8 Å². The van der Waals surface area contributed by atoms with Crippen molar-refractivity contribution < 1.29 is 17.6 Å². The molecule has 0 radical (unpaired) electrons. The monoisotopic (exact) mass is 398 g/mol. The third kappa shape index (κ3) is 4.74. The zero-order valence-corrected chi connectivity index (χ0v) is 16.3. The Labute approximate surface area is 157 Å². The third-order valence-electron chi connectivity index (χ3n) is 3.82. The van der Waals surface area contributed by atoms with Crippen LogP contribution in [0, 0.1) is 19.7 Å². The maximum Gasteiger partial charge on any atom is 0.255 e. The summed E-state index contributed by atoms with van der Waals surface area (Å²) in [6.07, 6.45) is 1.10. The number of hydrogen-bond acceptors (Lipinski definition) is 3. The number of rotatable bonds is 6. The van der Waals surface area contributed by atoms with E-state index < -0.39 is 21.7 Å². The first kappa shape index (κ1) is 20.2. The van der Waals surface area contributed by atoms with Crippen molar-refractivity contribution in [2.24, 2.45) is 0 Å². The molecule has 0 aliphatic rings. The fraction of sp³-hybridized carbons (Fsp3) is 0.278. The Morgan fingerprint density at radius 2 is 1.92 bits per heavy atom. The van der Waals surface area contributed by atoms with E-state index in [-0.39, 0.29) is 23.7 Å². The Hall–Kier alpha value is -2.12. The summed E-state index contributed by atoms with van der Waals surface area (Å²) in [5, 5.41) is 2.51. The Morgan fingerprint density at radius 1 is 1.23 bits per heavy atom. The number of benzene rings is 2. The molecule has 0 heterocycles. The van der Waals surface area contributed by atoms with Gasteiger partial charge in [0.15, 0.2) is 0 Å². The second-order valence-electron chi connectivity index (χ2n) is 5.98. The van der Waals surface area contributed by atoms with Crippen LogP contribution in [0.1, 0.15) is 21.5 Å². The van der Waals surface area contributed by atoms with Crippen LogP contribution in [-0.4, -0.2) is 33.7 Å². The number of hydrogen-bond donors (Lipinski definition) is 1. The summed E-state index contributed by atoms with van der Waals surface area (Å²) in [5.74, 6) is -1.42. The number of carbonyl (C=O) groups is 1. The zero-order chi connectivity index (χ0) is 19.5. The van der Waals surface area contributed by atoms with Gasteiger partial charge in [0, 0.05) is 6.54 Å². The first-order valence-corrected chi connectivity index (χ1v) is 10.1. The van der Waals surface area contributed by atoms with Gasteiger partial charge in [-0.2, -0.15) is 0 Å². The molecule has 0 saturated heterocycles. The van der Waals surface area contributed by atoms with E-state index in [2.05, 4.69) is 5.32 Å². The van der Waals surface area contributed by atoms with Crippen LogP contribution in [0.5, 0.6) is 0 Å². The third-order valence-corrected chi connectivity index (χ3v) is 5.32. The van der Waals surface area contributed by atoms with Crippen molar-refractivity contribution in [3.63, 3.8) is 0 Å². The van der Waals surface area contributed by atoms with Crippen molar-refractivity contribution in [1.29, 1.82) is 0 Å². The topological polar surface area (TPSA) is 66.5 Å². The van der Waals surface area contributed by atoms with E-state index in [4.69, 9.17) is 11.6 Å². The molecular weight excluding hydrogens is 379 g/mol. The second kappa shape index (κ2) is 8.05. The largest absolute Gasteiger partial charge is 0.350 e. The minimum atomic E-state index is -3.55. The number of carbonyl (C=O) groups excluding carboxylic acids is 1. The molecule has 8 heteroatoms. The van der Waals surface area contributed by atoms with Crippen molar-refractivity contribution in [3.05, 3.63) is 63.9 Å². The van der Waals surface area contributed by atoms with Crippen LogP contribution >= 0.6 is 11.6 Å². The molecule has 0 aromatic heterocycles. The molecule has 26 heavy (non-hydrogen) atoms. The summed E-state index contributed by atoms with van der Waals surface area (Å²) in [6, 6.07) is 9.45. The Balaban J connectivity index is 2.16. The van der Waals surface area contributed by atoms with Gasteiger partial charge in [-0.15, -0.1) is 0 Å². The van der Waals surface area contributed by atoms with Crippen LogP contribution in [0.2, 0.25) is 5.02 Å². The standard InChI is InChI=1S/C18H20ClFN2O3S/c1-12-7-8-13(2)16(11-12)22(26(3,24)25)10-9-21-18(23)17-14(19)5-4-6-15(17)20/h4-8,11H,9-10H2,1-3H3,(H,21,23). The van der Waals surface area contributed by atoms with Crippen LogP contribution in [0.15, 0.2) is 36.4 Å². The minimum absolute atomic E-state index is 0.00278. The molecule has 0 aliphatic carbocycles. The highest BCUT2D eigenvalue weighted by Crippen LogP contribution is 2.23. The Kier molecular flexibility index (Phi) is 6.26. The van der Waals surface area contributed by atoms with Gasteiger partial charge in [0.25, 0.3) is 5.91 Å². The van der Waals surface area contributed by atoms with Gasteiger partial charge in [-0.3, -0.25) is 9.10 Å². The summed E-state index contributed by atoms with van der Waals surface area (Å²) in [4.78, 5) is 12.2. The summed E-state index contributed by atoms with van der Waals surface area (Å²) < 4.78 is 39.4. The first-order chi connectivity index (χ1) is 12.1. The smallest absolute Gasteiger partial charge is 0.255 e. The number of nitrogens with zero attached hydrogens (tertiary/aromatic N) is 1. The number of halogens is 2. The zero-order valence-electron chi connectivity index (χ0n) is 14.7. The molecule has 140 valence electrons. The predicted molar refractivity (Wildman–Crippen MR) is 102 cm³/mol. The summed E-state index contributed by atoms with van der Waals surface area (Å²) in [6.45, 7) is 3.70. The molecule has 1 N–H and O–H groups in total. The molecule has 1 amide bonds. The van der Waals surface area contributed by atoms with Gasteiger partial charge in [0.1, 0.15) is 5.82 Å². The van der Waals surface area contributed by atoms with E-state index >= 15 is 0 Å². The van der Waals surface area contributed by atoms with Crippen molar-refractivity contribution >= 4 is 33.2 Å². The van der Waals surface area contributed by atoms with Gasteiger partial charge in [-0.1, -0.05) is 29.8 Å². The number of sulfonamides is 1. The van der Waals surface area contributed by atoms with Crippen molar-refractivity contribution in [2.75, 3.05) is 23.7 Å². The van der Waals surface area contributed by atoms with E-state index in [9.17, 15) is 17.6 Å². The molecular formula is C18H20ClFN2O3S. The molecule has 0 bridgehead atoms. The second-order valence-corrected chi connectivity index (χ2v) is 8.29. The normalized spacial score (nSPS) is 11.3. The summed E-state index contributed by atoms with van der Waals surface area (Å²) >= 11 is 5.87. The molecule has 0 atom stereocenters. The lowest BCUT2D eigenvalue weighted by atomic mass is 10.1. The van der Waals surface area contributed by atoms with Gasteiger partial charge in [-0.05, 0) is 43.2 Å². The van der Waals surface area contributed by atoms with Crippen LogP contribution < -0.4 is 9.62 Å². The van der Waals surface area contributed by atoms with E-state index in [1.54, 1.807) is 6.07 Å². The Morgan fingerprint density at radius 3 is 2.54 bits per heavy atom. The van der Waals surface area contributed by atoms with E-state index in [1.807, 2.05) is 26.0 Å². The molecule has 0 aliphatic heterocycles. The molecule has 2 aromatic carbocycles. The number of nitrogens with one attached hydrogen (secondary N) is 1. The lowest BCUT2D eigenvalue weighted by Crippen LogP contribution is -2.38. The van der Waals surface area contributed by atoms with Crippen LogP contribution in [0.4, 0.5) is 10.1 Å². The quantitative estimate of drug-likeness (QED) is 0.811. The van der Waals surface area contributed by atoms with E-state index in [0.717, 1.165) is 23.4 Å². The lowest BCUT2D eigenvalue weighted by molar-refractivity contribution is 0.0951. The molecule has 0 fully saturated rings. The van der Waals surface area contributed by atoms with E-state index in [0.29, 0.717) is 5.69 Å². The fourth-order valence-electron chi connectivity index (χ4n) is 2.53. The Bertz CT molecular complexity index is 912. The SMILES string of the molecule is Cc1ccc(C)c(N(CCNC(=O)c2c(F)cccc2Cl)S(C)(=O)=O)c1. The fourth-order valence-corrected chi connectivity index (χ4v) is 3.75. The molecule has 0 unspecified atom stereocenters. The molecule has 2 aromatic rings. The van der Waals surface area contributed by atoms with Crippen LogP contribution in [0.25, 0.3) is 0 Å². The highest BCUT2D eigenvalue weighted by molar-refractivity contribution is 7.92. The molecule has 0 saturated carbocycles. The maximum atomic E-state index is 13.8. The average molecular weight is 399 g/mol. The number of amides is 1. The highest BCUT2D eigenvalue weighted by atomic mass is 35.5. The minimum Gasteiger partial charge on any atom is -0.350 e. The van der Waals surface area contributed by atoms with Gasteiger partial charge in [0.2, 0.25) is 10.0 Å². The molecule has 2 rings (SSSR count). The summed E-state index contributed by atoms with van der Waals surface area (Å²) in [5.41, 5.74) is 2.00. The molecule has 5 nitrogen and oxygen atoms in total. The van der Waals surface area contributed by atoms with E-state index in [1.165, 1.54) is 16.4 Å². The first-order valence-electron chi connectivity index (χ1n) is 7.88. The number of anilines is 1. The average Bonchev–Trinajstić information content (AvgIpc) is 2.53. The van der Waals surface area contributed by atoms with Crippen molar-refractivity contribution in [2.45, 2.75) is 13.8 Å². The van der Waals surface area contributed by atoms with Gasteiger partial charge < -0.3 is 5.32 Å². The predicted octanol–water partition coefficient (Wildman–Crippen LogP) is 3.29.